The van der Waals surface area contributed by atoms with Crippen LogP contribution in [0.5, 0.6) is 0 Å². The van der Waals surface area contributed by atoms with Gasteiger partial charge in [0, 0.05) is 19.3 Å². The number of carbonyl (C=O) groups excluding carboxylic acids is 1. The number of hydrogen-bond donors (Lipinski definition) is 1. The van der Waals surface area contributed by atoms with Gasteiger partial charge in [-0.05, 0) is 25.8 Å². The minimum absolute atomic E-state index is 0.0990. The van der Waals surface area contributed by atoms with Crippen molar-refractivity contribution in [3.8, 4) is 0 Å². The van der Waals surface area contributed by atoms with Gasteiger partial charge in [-0.25, -0.2) is 9.78 Å². The maximum atomic E-state index is 11.7. The van der Waals surface area contributed by atoms with Crippen LogP contribution >= 0.6 is 11.6 Å². The summed E-state index contributed by atoms with van der Waals surface area (Å²) in [4.78, 5) is 28.6. The summed E-state index contributed by atoms with van der Waals surface area (Å²) in [6.45, 7) is 3.41. The van der Waals surface area contributed by atoms with E-state index < -0.39 is 5.97 Å². The SMILES string of the molecule is CCOC(=O)C1CCN(c2cc(C(=O)O)cnc2Cl)CC1. The van der Waals surface area contributed by atoms with Gasteiger partial charge in [0.1, 0.15) is 0 Å². The van der Waals surface area contributed by atoms with Crippen LogP contribution < -0.4 is 4.90 Å². The minimum atomic E-state index is -1.04. The third-order valence-electron chi connectivity index (χ3n) is 3.52. The number of esters is 1. The largest absolute Gasteiger partial charge is 0.478 e. The van der Waals surface area contributed by atoms with Gasteiger partial charge in [-0.1, -0.05) is 11.6 Å². The number of carboxylic acids is 1. The number of carboxylic acid groups (broad SMARTS) is 1. The molecule has 0 aliphatic carbocycles. The number of aromatic nitrogens is 1. The predicted molar refractivity (Wildman–Crippen MR) is 77.8 cm³/mol. The summed E-state index contributed by atoms with van der Waals surface area (Å²) < 4.78 is 5.02. The summed E-state index contributed by atoms with van der Waals surface area (Å²) in [5.74, 6) is -1.31. The molecule has 1 N–H and O–H groups in total. The second-order valence-electron chi connectivity index (χ2n) is 4.85. The first-order chi connectivity index (χ1) is 10.0. The Bertz CT molecular complexity index is 542. The molecule has 2 heterocycles. The molecular weight excluding hydrogens is 296 g/mol. The van der Waals surface area contributed by atoms with Crippen molar-refractivity contribution >= 4 is 29.2 Å². The van der Waals surface area contributed by atoms with Gasteiger partial charge in [0.15, 0.2) is 5.15 Å². The van der Waals surface area contributed by atoms with E-state index in [1.54, 1.807) is 6.92 Å². The van der Waals surface area contributed by atoms with Crippen molar-refractivity contribution in [3.05, 3.63) is 23.0 Å². The molecule has 1 aromatic rings. The standard InChI is InChI=1S/C14H17ClN2O4/c1-2-21-14(20)9-3-5-17(6-4-9)11-7-10(13(18)19)8-16-12(11)15/h7-9H,2-6H2,1H3,(H,18,19). The van der Waals surface area contributed by atoms with Crippen LogP contribution in [-0.2, 0) is 9.53 Å². The van der Waals surface area contributed by atoms with Crippen molar-refractivity contribution in [2.24, 2.45) is 5.92 Å². The van der Waals surface area contributed by atoms with E-state index in [0.29, 0.717) is 38.2 Å². The summed E-state index contributed by atoms with van der Waals surface area (Å²) in [6.07, 6.45) is 2.55. The number of ether oxygens (including phenoxy) is 1. The quantitative estimate of drug-likeness (QED) is 0.678. The lowest BCUT2D eigenvalue weighted by Crippen LogP contribution is -2.37. The van der Waals surface area contributed by atoms with Gasteiger partial charge in [0.25, 0.3) is 0 Å². The van der Waals surface area contributed by atoms with E-state index in [9.17, 15) is 9.59 Å². The Hall–Kier alpha value is -1.82. The molecule has 0 bridgehead atoms. The van der Waals surface area contributed by atoms with E-state index in [2.05, 4.69) is 4.98 Å². The average molecular weight is 313 g/mol. The zero-order valence-corrected chi connectivity index (χ0v) is 12.5. The van der Waals surface area contributed by atoms with Crippen molar-refractivity contribution < 1.29 is 19.4 Å². The van der Waals surface area contributed by atoms with E-state index in [1.165, 1.54) is 12.3 Å². The predicted octanol–water partition coefficient (Wildman–Crippen LogP) is 2.21. The van der Waals surface area contributed by atoms with Crippen molar-refractivity contribution in [3.63, 3.8) is 0 Å². The molecule has 0 radical (unpaired) electrons. The average Bonchev–Trinajstić information content (AvgIpc) is 2.48. The summed E-state index contributed by atoms with van der Waals surface area (Å²) in [5, 5.41) is 9.28. The maximum absolute atomic E-state index is 11.7. The fourth-order valence-corrected chi connectivity index (χ4v) is 2.61. The van der Waals surface area contributed by atoms with Crippen LogP contribution in [0.4, 0.5) is 5.69 Å². The highest BCUT2D eigenvalue weighted by atomic mass is 35.5. The normalized spacial score (nSPS) is 15.8. The third-order valence-corrected chi connectivity index (χ3v) is 3.81. The summed E-state index contributed by atoms with van der Waals surface area (Å²) in [7, 11) is 0. The highest BCUT2D eigenvalue weighted by molar-refractivity contribution is 6.32. The van der Waals surface area contributed by atoms with Crippen molar-refractivity contribution in [2.75, 3.05) is 24.6 Å². The van der Waals surface area contributed by atoms with Crippen molar-refractivity contribution in [2.45, 2.75) is 19.8 Å². The Kier molecular flexibility index (Phi) is 5.01. The monoisotopic (exact) mass is 312 g/mol. The highest BCUT2D eigenvalue weighted by Crippen LogP contribution is 2.29. The topological polar surface area (TPSA) is 79.7 Å². The molecule has 0 unspecified atom stereocenters. The summed E-state index contributed by atoms with van der Waals surface area (Å²) in [5.41, 5.74) is 0.695. The summed E-state index contributed by atoms with van der Waals surface area (Å²) in [6, 6.07) is 1.52. The van der Waals surface area contributed by atoms with Crippen LogP contribution in [0.1, 0.15) is 30.1 Å². The van der Waals surface area contributed by atoms with Gasteiger partial charge >= 0.3 is 11.9 Å². The van der Waals surface area contributed by atoms with Crippen LogP contribution in [0.3, 0.4) is 0 Å². The molecule has 1 aliphatic heterocycles. The van der Waals surface area contributed by atoms with E-state index in [-0.39, 0.29) is 22.6 Å². The Labute approximate surface area is 127 Å². The second kappa shape index (κ2) is 6.76. The van der Waals surface area contributed by atoms with E-state index >= 15 is 0 Å². The van der Waals surface area contributed by atoms with Gasteiger partial charge in [0.05, 0.1) is 23.8 Å². The molecule has 0 aromatic carbocycles. The number of rotatable bonds is 4. The number of pyridine rings is 1. The molecule has 1 aromatic heterocycles. The summed E-state index contributed by atoms with van der Waals surface area (Å²) >= 11 is 6.05. The Morgan fingerprint density at radius 1 is 1.48 bits per heavy atom. The maximum Gasteiger partial charge on any atom is 0.337 e. The lowest BCUT2D eigenvalue weighted by molar-refractivity contribution is -0.148. The first kappa shape index (κ1) is 15.6. The molecule has 0 amide bonds. The molecule has 0 saturated carbocycles. The molecule has 1 fully saturated rings. The molecule has 1 aliphatic rings. The first-order valence-electron chi connectivity index (χ1n) is 6.83. The highest BCUT2D eigenvalue weighted by Gasteiger charge is 2.27. The third kappa shape index (κ3) is 3.64. The lowest BCUT2D eigenvalue weighted by Gasteiger charge is -2.32. The van der Waals surface area contributed by atoms with Crippen molar-refractivity contribution in [1.82, 2.24) is 4.98 Å². The number of aromatic carboxylic acids is 1. The number of carbonyl (C=O) groups is 2. The molecule has 114 valence electrons. The van der Waals surface area contributed by atoms with Gasteiger partial charge in [0.2, 0.25) is 0 Å². The zero-order valence-electron chi connectivity index (χ0n) is 11.7. The van der Waals surface area contributed by atoms with Gasteiger partial charge in [-0.15, -0.1) is 0 Å². The molecule has 1 saturated heterocycles. The number of halogens is 1. The minimum Gasteiger partial charge on any atom is -0.478 e. The molecular formula is C14H17ClN2O4. The van der Waals surface area contributed by atoms with Crippen molar-refractivity contribution in [1.29, 1.82) is 0 Å². The van der Waals surface area contributed by atoms with Crippen LogP contribution in [0.25, 0.3) is 0 Å². The fraction of sp³-hybridized carbons (Fsp3) is 0.500. The van der Waals surface area contributed by atoms with E-state index in [4.69, 9.17) is 21.4 Å². The number of piperidine rings is 1. The molecule has 0 spiro atoms. The number of nitrogens with zero attached hydrogens (tertiary/aromatic N) is 2. The van der Waals surface area contributed by atoms with Gasteiger partial charge in [-0.2, -0.15) is 0 Å². The Morgan fingerprint density at radius 3 is 2.71 bits per heavy atom. The second-order valence-corrected chi connectivity index (χ2v) is 5.21. The number of anilines is 1. The van der Waals surface area contributed by atoms with Crippen LogP contribution in [0, 0.1) is 5.92 Å². The molecule has 6 nitrogen and oxygen atoms in total. The Balaban J connectivity index is 2.07. The van der Waals surface area contributed by atoms with E-state index in [1.807, 2.05) is 4.90 Å². The van der Waals surface area contributed by atoms with E-state index in [0.717, 1.165) is 0 Å². The number of hydrogen-bond acceptors (Lipinski definition) is 5. The van der Waals surface area contributed by atoms with Crippen LogP contribution in [0.15, 0.2) is 12.3 Å². The first-order valence-corrected chi connectivity index (χ1v) is 7.21. The molecule has 0 atom stereocenters. The molecule has 21 heavy (non-hydrogen) atoms. The zero-order chi connectivity index (χ0) is 15.4. The van der Waals surface area contributed by atoms with Crippen LogP contribution in [-0.4, -0.2) is 41.7 Å². The lowest BCUT2D eigenvalue weighted by atomic mass is 9.96. The molecule has 2 rings (SSSR count). The molecule has 7 heteroatoms. The fourth-order valence-electron chi connectivity index (χ4n) is 2.39. The smallest absolute Gasteiger partial charge is 0.337 e. The van der Waals surface area contributed by atoms with Gasteiger partial charge < -0.3 is 14.7 Å². The van der Waals surface area contributed by atoms with Gasteiger partial charge in [-0.3, -0.25) is 4.79 Å². The Morgan fingerprint density at radius 2 is 2.14 bits per heavy atom. The van der Waals surface area contributed by atoms with Crippen LogP contribution in [0.2, 0.25) is 5.15 Å².